The number of benzene rings is 1. The number of hydrogen-bond donors (Lipinski definition) is 1. The Kier molecular flexibility index (Phi) is 6.40. The summed E-state index contributed by atoms with van der Waals surface area (Å²) < 4.78 is 16.7. The second kappa shape index (κ2) is 9.59. The van der Waals surface area contributed by atoms with Gasteiger partial charge < -0.3 is 19.5 Å². The number of amides is 1. The highest BCUT2D eigenvalue weighted by Gasteiger charge is 2.22. The molecule has 1 N–H and O–H groups in total. The maximum atomic E-state index is 12.4. The van der Waals surface area contributed by atoms with E-state index in [2.05, 4.69) is 20.4 Å². The number of carbonyl (C=O) groups excluding carboxylic acids is 2. The van der Waals surface area contributed by atoms with Gasteiger partial charge in [-0.1, -0.05) is 0 Å². The number of nitro groups is 1. The molecule has 3 heterocycles. The molecule has 35 heavy (non-hydrogen) atoms. The highest BCUT2D eigenvalue weighted by molar-refractivity contribution is 5.94. The Hall–Kier alpha value is -4.81. The number of rotatable bonds is 7. The second-order valence-corrected chi connectivity index (χ2v) is 7.54. The number of aryl methyl sites for hydroxylation is 3. The Labute approximate surface area is 198 Å². The van der Waals surface area contributed by atoms with Crippen LogP contribution in [-0.2, 0) is 14.3 Å². The number of carbonyl (C=O) groups is 2. The van der Waals surface area contributed by atoms with Gasteiger partial charge in [-0.15, -0.1) is 0 Å². The van der Waals surface area contributed by atoms with Crippen molar-refractivity contribution in [1.29, 1.82) is 0 Å². The lowest BCUT2D eigenvalue weighted by Gasteiger charge is -2.09. The Morgan fingerprint density at radius 2 is 1.80 bits per heavy atom. The van der Waals surface area contributed by atoms with Crippen molar-refractivity contribution in [3.63, 3.8) is 0 Å². The predicted molar refractivity (Wildman–Crippen MR) is 121 cm³/mol. The van der Waals surface area contributed by atoms with E-state index in [1.54, 1.807) is 13.0 Å². The van der Waals surface area contributed by atoms with Crippen LogP contribution in [0.4, 0.5) is 11.5 Å². The van der Waals surface area contributed by atoms with Crippen molar-refractivity contribution >= 4 is 29.5 Å². The number of nitrogens with one attached hydrogen (secondary N) is 1. The van der Waals surface area contributed by atoms with Gasteiger partial charge in [-0.2, -0.15) is 9.78 Å². The SMILES string of the molecule is Cc1cc(C)nc(-n2nc(C)cc2NC(=O)COC(=O)/C=C/c2cc3c(cc2[N+](=O)[O-])OCO3)n1. The van der Waals surface area contributed by atoms with Crippen LogP contribution >= 0.6 is 0 Å². The van der Waals surface area contributed by atoms with E-state index in [0.717, 1.165) is 17.5 Å². The standard InChI is InChI=1S/C22H20N6O7/c1-12-6-13(2)24-22(23-12)27-19(7-14(3)26-27)25-20(29)10-33-21(30)5-4-15-8-17-18(35-11-34-17)9-16(15)28(31)32/h4-9H,10-11H2,1-3H3,(H,25,29)/b5-4+. The van der Waals surface area contributed by atoms with Crippen LogP contribution in [0.25, 0.3) is 12.0 Å². The van der Waals surface area contributed by atoms with Crippen LogP contribution in [0.2, 0.25) is 0 Å². The average Bonchev–Trinajstić information content (AvgIpc) is 3.40. The van der Waals surface area contributed by atoms with E-state index in [1.807, 2.05) is 19.9 Å². The quantitative estimate of drug-likeness (QED) is 0.230. The molecule has 2 aromatic heterocycles. The summed E-state index contributed by atoms with van der Waals surface area (Å²) in [5, 5.41) is 18.2. The molecule has 1 aromatic carbocycles. The minimum atomic E-state index is -0.866. The van der Waals surface area contributed by atoms with Gasteiger partial charge in [-0.25, -0.2) is 14.8 Å². The maximum Gasteiger partial charge on any atom is 0.331 e. The number of ether oxygens (including phenoxy) is 3. The van der Waals surface area contributed by atoms with Crippen molar-refractivity contribution in [2.75, 3.05) is 18.7 Å². The maximum absolute atomic E-state index is 12.4. The van der Waals surface area contributed by atoms with Crippen molar-refractivity contribution in [1.82, 2.24) is 19.7 Å². The zero-order valence-corrected chi connectivity index (χ0v) is 19.0. The molecule has 0 bridgehead atoms. The predicted octanol–water partition coefficient (Wildman–Crippen LogP) is 2.42. The van der Waals surface area contributed by atoms with Crippen molar-refractivity contribution in [3.05, 3.63) is 63.1 Å². The number of nitro benzene ring substituents is 1. The summed E-state index contributed by atoms with van der Waals surface area (Å²) in [6, 6.07) is 6.03. The summed E-state index contributed by atoms with van der Waals surface area (Å²) in [4.78, 5) is 43.9. The van der Waals surface area contributed by atoms with E-state index in [9.17, 15) is 19.7 Å². The first-order valence-electron chi connectivity index (χ1n) is 10.3. The molecule has 0 atom stereocenters. The fraction of sp³-hybridized carbons (Fsp3) is 0.227. The summed E-state index contributed by atoms with van der Waals surface area (Å²) in [6.45, 7) is 4.74. The van der Waals surface area contributed by atoms with Gasteiger partial charge in [0.2, 0.25) is 6.79 Å². The Balaban J connectivity index is 1.40. The van der Waals surface area contributed by atoms with Crippen LogP contribution < -0.4 is 14.8 Å². The number of aromatic nitrogens is 4. The van der Waals surface area contributed by atoms with Crippen LogP contribution in [0, 0.1) is 30.9 Å². The molecule has 13 heteroatoms. The monoisotopic (exact) mass is 480 g/mol. The molecule has 13 nitrogen and oxygen atoms in total. The van der Waals surface area contributed by atoms with Crippen molar-refractivity contribution in [2.45, 2.75) is 20.8 Å². The number of anilines is 1. The van der Waals surface area contributed by atoms with Crippen LogP contribution in [0.5, 0.6) is 11.5 Å². The summed E-state index contributed by atoms with van der Waals surface area (Å²) in [6.07, 6.45) is 2.19. The molecule has 1 aliphatic rings. The minimum Gasteiger partial charge on any atom is -0.454 e. The summed E-state index contributed by atoms with van der Waals surface area (Å²) in [5.74, 6) is -0.325. The third-order valence-corrected chi connectivity index (χ3v) is 4.72. The highest BCUT2D eigenvalue weighted by Crippen LogP contribution is 2.38. The number of hydrogen-bond acceptors (Lipinski definition) is 10. The smallest absolute Gasteiger partial charge is 0.331 e. The molecule has 0 saturated heterocycles. The van der Waals surface area contributed by atoms with E-state index in [4.69, 9.17) is 14.2 Å². The molecule has 0 aliphatic carbocycles. The van der Waals surface area contributed by atoms with Gasteiger partial charge in [0.25, 0.3) is 17.5 Å². The minimum absolute atomic E-state index is 0.0507. The molecule has 0 radical (unpaired) electrons. The van der Waals surface area contributed by atoms with Crippen LogP contribution in [0.15, 0.2) is 30.3 Å². The molecule has 180 valence electrons. The van der Waals surface area contributed by atoms with Gasteiger partial charge in [0.1, 0.15) is 5.82 Å². The van der Waals surface area contributed by atoms with E-state index in [0.29, 0.717) is 17.3 Å². The van der Waals surface area contributed by atoms with E-state index < -0.39 is 23.4 Å². The van der Waals surface area contributed by atoms with Crippen molar-refractivity contribution in [3.8, 4) is 17.4 Å². The van der Waals surface area contributed by atoms with Gasteiger partial charge in [-0.05, 0) is 39.0 Å². The normalized spacial score (nSPS) is 12.1. The fourth-order valence-corrected chi connectivity index (χ4v) is 3.30. The second-order valence-electron chi connectivity index (χ2n) is 7.54. The van der Waals surface area contributed by atoms with Crippen molar-refractivity contribution in [2.24, 2.45) is 0 Å². The molecule has 1 aliphatic heterocycles. The largest absolute Gasteiger partial charge is 0.454 e. The van der Waals surface area contributed by atoms with Gasteiger partial charge in [0.05, 0.1) is 22.2 Å². The molecule has 0 fully saturated rings. The zero-order valence-electron chi connectivity index (χ0n) is 19.0. The van der Waals surface area contributed by atoms with E-state index in [-0.39, 0.29) is 29.7 Å². The van der Waals surface area contributed by atoms with Crippen LogP contribution in [-0.4, -0.2) is 49.9 Å². The number of fused-ring (bicyclic) bond motifs is 1. The van der Waals surface area contributed by atoms with Gasteiger partial charge in [0, 0.05) is 23.5 Å². The molecule has 3 aromatic rings. The first kappa shape index (κ1) is 23.4. The first-order chi connectivity index (χ1) is 16.7. The average molecular weight is 480 g/mol. The summed E-state index contributed by atoms with van der Waals surface area (Å²) >= 11 is 0. The van der Waals surface area contributed by atoms with E-state index in [1.165, 1.54) is 22.9 Å². The van der Waals surface area contributed by atoms with Gasteiger partial charge >= 0.3 is 5.97 Å². The first-order valence-corrected chi connectivity index (χ1v) is 10.3. The molecule has 4 rings (SSSR count). The van der Waals surface area contributed by atoms with Crippen molar-refractivity contribution < 1.29 is 28.7 Å². The van der Waals surface area contributed by atoms with E-state index >= 15 is 0 Å². The molecular weight excluding hydrogens is 460 g/mol. The number of esters is 1. The molecule has 0 spiro atoms. The Bertz CT molecular complexity index is 1340. The summed E-state index contributed by atoms with van der Waals surface area (Å²) in [7, 11) is 0. The number of nitrogens with zero attached hydrogens (tertiary/aromatic N) is 5. The lowest BCUT2D eigenvalue weighted by Crippen LogP contribution is -2.22. The Morgan fingerprint density at radius 1 is 1.11 bits per heavy atom. The van der Waals surface area contributed by atoms with Crippen LogP contribution in [0.3, 0.4) is 0 Å². The summed E-state index contributed by atoms with van der Waals surface area (Å²) in [5.41, 5.74) is 1.94. The molecular formula is C22H20N6O7. The lowest BCUT2D eigenvalue weighted by atomic mass is 10.1. The zero-order chi connectivity index (χ0) is 25.1. The Morgan fingerprint density at radius 3 is 2.49 bits per heavy atom. The lowest BCUT2D eigenvalue weighted by molar-refractivity contribution is -0.385. The topological polar surface area (TPSA) is 161 Å². The molecule has 1 amide bonds. The van der Waals surface area contributed by atoms with Gasteiger partial charge in [-0.3, -0.25) is 14.9 Å². The van der Waals surface area contributed by atoms with Crippen LogP contribution in [0.1, 0.15) is 22.6 Å². The molecule has 0 unspecified atom stereocenters. The third-order valence-electron chi connectivity index (χ3n) is 4.72. The third kappa shape index (κ3) is 5.40. The van der Waals surface area contributed by atoms with Gasteiger partial charge in [0.15, 0.2) is 18.1 Å². The highest BCUT2D eigenvalue weighted by atomic mass is 16.7. The molecule has 0 saturated carbocycles. The fourth-order valence-electron chi connectivity index (χ4n) is 3.30.